The first-order chi connectivity index (χ1) is 8.20. The van der Waals surface area contributed by atoms with Gasteiger partial charge in [0, 0.05) is 29.5 Å². The van der Waals surface area contributed by atoms with Gasteiger partial charge in [-0.15, -0.1) is 0 Å². The summed E-state index contributed by atoms with van der Waals surface area (Å²) >= 11 is 3.58. The van der Waals surface area contributed by atoms with E-state index in [2.05, 4.69) is 44.5 Å². The molecule has 0 aliphatic heterocycles. The summed E-state index contributed by atoms with van der Waals surface area (Å²) in [6, 6.07) is 10.0. The molecule has 17 heavy (non-hydrogen) atoms. The first-order valence-electron chi connectivity index (χ1n) is 5.36. The molecule has 0 aliphatic rings. The van der Waals surface area contributed by atoms with Gasteiger partial charge in [-0.05, 0) is 40.5 Å². The third-order valence-corrected chi connectivity index (χ3v) is 3.54. The Kier molecular flexibility index (Phi) is 3.64. The van der Waals surface area contributed by atoms with Gasteiger partial charge >= 0.3 is 0 Å². The molecule has 1 heterocycles. The Morgan fingerprint density at radius 2 is 2.06 bits per heavy atom. The average Bonchev–Trinajstić information content (AvgIpc) is 2.35. The summed E-state index contributed by atoms with van der Waals surface area (Å²) in [6.45, 7) is 2.07. The highest BCUT2D eigenvalue weighted by Crippen LogP contribution is 2.28. The van der Waals surface area contributed by atoms with Crippen LogP contribution in [-0.4, -0.2) is 12.0 Å². The Bertz CT molecular complexity index is 526. The van der Waals surface area contributed by atoms with Gasteiger partial charge in [0.25, 0.3) is 0 Å². The van der Waals surface area contributed by atoms with Gasteiger partial charge in [-0.3, -0.25) is 0 Å². The molecule has 4 heteroatoms. The Labute approximate surface area is 109 Å². The standard InChI is InChI=1S/C13H14BrN3/c1-9-4-3-5-11(13(9)14)17-10-6-7-16-12(8-10)15-2/h3-8H,1-2H3,(H2,15,16,17). The topological polar surface area (TPSA) is 37.0 Å². The normalized spacial score (nSPS) is 10.1. The second-order valence-corrected chi connectivity index (χ2v) is 4.53. The van der Waals surface area contributed by atoms with Gasteiger partial charge in [0.1, 0.15) is 5.82 Å². The van der Waals surface area contributed by atoms with Crippen molar-refractivity contribution in [1.29, 1.82) is 0 Å². The van der Waals surface area contributed by atoms with Crippen molar-refractivity contribution in [2.24, 2.45) is 0 Å². The fourth-order valence-electron chi connectivity index (χ4n) is 1.54. The molecule has 0 aliphatic carbocycles. The van der Waals surface area contributed by atoms with E-state index in [0.717, 1.165) is 21.7 Å². The van der Waals surface area contributed by atoms with Gasteiger partial charge in [-0.1, -0.05) is 12.1 Å². The third kappa shape index (κ3) is 2.77. The molecule has 0 radical (unpaired) electrons. The number of nitrogens with one attached hydrogen (secondary N) is 2. The van der Waals surface area contributed by atoms with Crippen LogP contribution < -0.4 is 10.6 Å². The average molecular weight is 292 g/mol. The molecule has 2 rings (SSSR count). The number of hydrogen-bond donors (Lipinski definition) is 2. The van der Waals surface area contributed by atoms with Crippen LogP contribution in [0.2, 0.25) is 0 Å². The second-order valence-electron chi connectivity index (χ2n) is 3.74. The van der Waals surface area contributed by atoms with Crippen LogP contribution in [0.1, 0.15) is 5.56 Å². The van der Waals surface area contributed by atoms with E-state index < -0.39 is 0 Å². The van der Waals surface area contributed by atoms with Crippen LogP contribution in [0.3, 0.4) is 0 Å². The van der Waals surface area contributed by atoms with Crippen molar-refractivity contribution in [1.82, 2.24) is 4.98 Å². The van der Waals surface area contributed by atoms with Crippen LogP contribution in [0, 0.1) is 6.92 Å². The maximum absolute atomic E-state index is 4.18. The number of aromatic nitrogens is 1. The highest BCUT2D eigenvalue weighted by molar-refractivity contribution is 9.10. The van der Waals surface area contributed by atoms with E-state index in [1.807, 2.05) is 31.3 Å². The number of rotatable bonds is 3. The molecular formula is C13H14BrN3. The van der Waals surface area contributed by atoms with Crippen LogP contribution >= 0.6 is 15.9 Å². The van der Waals surface area contributed by atoms with Crippen molar-refractivity contribution in [2.75, 3.05) is 17.7 Å². The summed E-state index contributed by atoms with van der Waals surface area (Å²) in [5, 5.41) is 6.38. The van der Waals surface area contributed by atoms with Crippen LogP contribution in [-0.2, 0) is 0 Å². The lowest BCUT2D eigenvalue weighted by atomic mass is 10.2. The van der Waals surface area contributed by atoms with E-state index >= 15 is 0 Å². The van der Waals surface area contributed by atoms with E-state index in [1.165, 1.54) is 5.56 Å². The first-order valence-corrected chi connectivity index (χ1v) is 6.16. The maximum Gasteiger partial charge on any atom is 0.127 e. The van der Waals surface area contributed by atoms with Crippen molar-refractivity contribution in [3.8, 4) is 0 Å². The van der Waals surface area contributed by atoms with Gasteiger partial charge in [0.05, 0.1) is 5.69 Å². The lowest BCUT2D eigenvalue weighted by Crippen LogP contribution is -1.96. The molecule has 0 saturated heterocycles. The molecule has 2 aromatic rings. The Balaban J connectivity index is 2.28. The zero-order valence-corrected chi connectivity index (χ0v) is 11.4. The third-order valence-electron chi connectivity index (χ3n) is 2.49. The van der Waals surface area contributed by atoms with Crippen LogP contribution in [0.5, 0.6) is 0 Å². The fraction of sp³-hybridized carbons (Fsp3) is 0.154. The number of pyridine rings is 1. The van der Waals surface area contributed by atoms with E-state index in [1.54, 1.807) is 6.20 Å². The van der Waals surface area contributed by atoms with Crippen molar-refractivity contribution in [2.45, 2.75) is 6.92 Å². The second kappa shape index (κ2) is 5.19. The minimum absolute atomic E-state index is 0.846. The smallest absolute Gasteiger partial charge is 0.127 e. The number of nitrogens with zero attached hydrogens (tertiary/aromatic N) is 1. The zero-order valence-electron chi connectivity index (χ0n) is 9.79. The highest BCUT2D eigenvalue weighted by Gasteiger charge is 2.03. The van der Waals surface area contributed by atoms with Crippen molar-refractivity contribution >= 4 is 33.1 Å². The lowest BCUT2D eigenvalue weighted by molar-refractivity contribution is 1.28. The van der Waals surface area contributed by atoms with Crippen molar-refractivity contribution < 1.29 is 0 Å². The minimum atomic E-state index is 0.846. The number of benzene rings is 1. The van der Waals surface area contributed by atoms with Gasteiger partial charge in [0.15, 0.2) is 0 Å². The summed E-state index contributed by atoms with van der Waals surface area (Å²) in [5.74, 6) is 0.846. The van der Waals surface area contributed by atoms with Gasteiger partial charge in [-0.2, -0.15) is 0 Å². The monoisotopic (exact) mass is 291 g/mol. The Morgan fingerprint density at radius 1 is 1.24 bits per heavy atom. The molecule has 0 bridgehead atoms. The number of hydrogen-bond acceptors (Lipinski definition) is 3. The molecule has 0 unspecified atom stereocenters. The van der Waals surface area contributed by atoms with Crippen molar-refractivity contribution in [3.63, 3.8) is 0 Å². The van der Waals surface area contributed by atoms with Crippen molar-refractivity contribution in [3.05, 3.63) is 46.6 Å². The number of halogens is 1. The van der Waals surface area contributed by atoms with Gasteiger partial charge < -0.3 is 10.6 Å². The quantitative estimate of drug-likeness (QED) is 0.899. The summed E-state index contributed by atoms with van der Waals surface area (Å²) in [4.78, 5) is 4.18. The predicted octanol–water partition coefficient (Wildman–Crippen LogP) is 3.94. The van der Waals surface area contributed by atoms with E-state index in [-0.39, 0.29) is 0 Å². The summed E-state index contributed by atoms with van der Waals surface area (Å²) < 4.78 is 1.09. The molecule has 0 atom stereocenters. The first kappa shape index (κ1) is 11.9. The molecule has 0 fully saturated rings. The van der Waals surface area contributed by atoms with E-state index in [4.69, 9.17) is 0 Å². The molecule has 2 N–H and O–H groups in total. The molecule has 88 valence electrons. The molecular weight excluding hydrogens is 278 g/mol. The van der Waals surface area contributed by atoms with E-state index in [9.17, 15) is 0 Å². The maximum atomic E-state index is 4.18. The minimum Gasteiger partial charge on any atom is -0.373 e. The lowest BCUT2D eigenvalue weighted by Gasteiger charge is -2.11. The molecule has 3 nitrogen and oxygen atoms in total. The largest absolute Gasteiger partial charge is 0.373 e. The SMILES string of the molecule is CNc1cc(Nc2cccc(C)c2Br)ccn1. The molecule has 1 aromatic heterocycles. The van der Waals surface area contributed by atoms with E-state index in [0.29, 0.717) is 0 Å². The fourth-order valence-corrected chi connectivity index (χ4v) is 1.91. The Morgan fingerprint density at radius 3 is 2.82 bits per heavy atom. The molecule has 0 saturated carbocycles. The zero-order chi connectivity index (χ0) is 12.3. The van der Waals surface area contributed by atoms with Crippen LogP contribution in [0.25, 0.3) is 0 Å². The molecule has 0 amide bonds. The van der Waals surface area contributed by atoms with Gasteiger partial charge in [0.2, 0.25) is 0 Å². The summed E-state index contributed by atoms with van der Waals surface area (Å²) in [6.07, 6.45) is 1.78. The summed E-state index contributed by atoms with van der Waals surface area (Å²) in [7, 11) is 1.86. The van der Waals surface area contributed by atoms with Crippen LogP contribution in [0.4, 0.5) is 17.2 Å². The highest BCUT2D eigenvalue weighted by atomic mass is 79.9. The molecule has 1 aromatic carbocycles. The van der Waals surface area contributed by atoms with Gasteiger partial charge in [-0.25, -0.2) is 4.98 Å². The molecule has 0 spiro atoms. The number of aryl methyl sites for hydroxylation is 1. The number of anilines is 3. The Hall–Kier alpha value is -1.55. The predicted molar refractivity (Wildman–Crippen MR) is 75.9 cm³/mol. The summed E-state index contributed by atoms with van der Waals surface area (Å²) in [5.41, 5.74) is 3.27. The van der Waals surface area contributed by atoms with Crippen LogP contribution in [0.15, 0.2) is 41.0 Å².